The van der Waals surface area contributed by atoms with E-state index < -0.39 is 15.8 Å². The minimum atomic E-state index is -1.29. The van der Waals surface area contributed by atoms with Crippen LogP contribution >= 0.6 is 0 Å². The fourth-order valence-corrected chi connectivity index (χ4v) is 1.57. The summed E-state index contributed by atoms with van der Waals surface area (Å²) >= 11 is 0. The lowest BCUT2D eigenvalue weighted by Crippen LogP contribution is -2.01. The molecule has 0 fully saturated rings. The molecule has 23 heavy (non-hydrogen) atoms. The largest absolute Gasteiger partial charge is 0.477 e. The van der Waals surface area contributed by atoms with Gasteiger partial charge in [-0.25, -0.2) is 4.79 Å². The van der Waals surface area contributed by atoms with Crippen LogP contribution in [0.2, 0.25) is 0 Å². The van der Waals surface area contributed by atoms with Crippen LogP contribution in [-0.4, -0.2) is 27.2 Å². The monoisotopic (exact) mass is 318 g/mol. The second kappa shape index (κ2) is 7.98. The molecule has 0 heterocycles. The minimum Gasteiger partial charge on any atom is -0.477 e. The number of hydrogen-bond acceptors (Lipinski definition) is 6. The van der Waals surface area contributed by atoms with Gasteiger partial charge in [-0.05, 0) is 12.1 Å². The maximum absolute atomic E-state index is 10.4. The Balaban J connectivity index is 0.000000231. The molecule has 2 aromatic carbocycles. The number of rotatable bonds is 4. The van der Waals surface area contributed by atoms with Crippen LogP contribution in [0.25, 0.3) is 0 Å². The van der Waals surface area contributed by atoms with Crippen LogP contribution in [-0.2, 0) is 0 Å². The molecule has 118 valence electrons. The zero-order valence-corrected chi connectivity index (χ0v) is 11.5. The molecule has 0 radical (unpaired) electrons. The molecule has 9 heteroatoms. The molecule has 0 unspecified atom stereocenters. The van der Waals surface area contributed by atoms with Gasteiger partial charge in [0.15, 0.2) is 6.29 Å². The first kappa shape index (κ1) is 17.4. The van der Waals surface area contributed by atoms with Crippen molar-refractivity contribution in [3.8, 4) is 0 Å². The van der Waals surface area contributed by atoms with Crippen LogP contribution in [0.15, 0.2) is 48.5 Å². The highest BCUT2D eigenvalue weighted by Gasteiger charge is 2.17. The normalized spacial score (nSPS) is 9.22. The number of nitro benzene ring substituents is 2. The van der Waals surface area contributed by atoms with Crippen molar-refractivity contribution < 1.29 is 24.5 Å². The molecule has 0 saturated heterocycles. The Kier molecular flexibility index (Phi) is 6.05. The van der Waals surface area contributed by atoms with E-state index in [1.807, 2.05) is 0 Å². The Labute approximate surface area is 129 Å². The number of hydrogen-bond donors (Lipinski definition) is 1. The number of nitrogens with zero attached hydrogens (tertiary/aromatic N) is 2. The lowest BCUT2D eigenvalue weighted by molar-refractivity contribution is -0.385. The molecular weight excluding hydrogens is 308 g/mol. The van der Waals surface area contributed by atoms with E-state index in [0.717, 1.165) is 6.07 Å². The highest BCUT2D eigenvalue weighted by molar-refractivity contribution is 5.92. The average molecular weight is 318 g/mol. The first-order valence-corrected chi connectivity index (χ1v) is 6.03. The first-order chi connectivity index (χ1) is 10.9. The maximum atomic E-state index is 10.4. The van der Waals surface area contributed by atoms with Gasteiger partial charge in [0.1, 0.15) is 5.56 Å². The van der Waals surface area contributed by atoms with Gasteiger partial charge in [0.2, 0.25) is 0 Å². The number of carbonyl (C=O) groups is 2. The number of carboxylic acids is 1. The van der Waals surface area contributed by atoms with Gasteiger partial charge in [-0.3, -0.25) is 25.0 Å². The second-order valence-corrected chi connectivity index (χ2v) is 4.01. The molecule has 0 spiro atoms. The summed E-state index contributed by atoms with van der Waals surface area (Å²) in [6, 6.07) is 11.0. The van der Waals surface area contributed by atoms with Crippen LogP contribution in [0.1, 0.15) is 20.7 Å². The van der Waals surface area contributed by atoms with Crippen LogP contribution in [0.5, 0.6) is 0 Å². The van der Waals surface area contributed by atoms with Gasteiger partial charge in [0.05, 0.1) is 15.4 Å². The summed E-state index contributed by atoms with van der Waals surface area (Å²) in [5, 5.41) is 29.0. The molecule has 0 amide bonds. The van der Waals surface area contributed by atoms with Crippen molar-refractivity contribution in [2.24, 2.45) is 0 Å². The molecule has 2 aromatic rings. The maximum Gasteiger partial charge on any atom is 0.342 e. The summed E-state index contributed by atoms with van der Waals surface area (Å²) < 4.78 is 0. The summed E-state index contributed by atoms with van der Waals surface area (Å²) in [7, 11) is 0. The van der Waals surface area contributed by atoms with Crippen molar-refractivity contribution in [3.05, 3.63) is 79.9 Å². The Hall–Kier alpha value is -3.62. The topological polar surface area (TPSA) is 141 Å². The summed E-state index contributed by atoms with van der Waals surface area (Å²) in [6.45, 7) is 0. The third-order valence-electron chi connectivity index (χ3n) is 2.59. The number of nitro groups is 2. The van der Waals surface area contributed by atoms with Crippen LogP contribution in [0.3, 0.4) is 0 Å². The van der Waals surface area contributed by atoms with E-state index in [4.69, 9.17) is 5.11 Å². The average Bonchev–Trinajstić information content (AvgIpc) is 2.55. The van der Waals surface area contributed by atoms with Gasteiger partial charge < -0.3 is 5.11 Å². The molecule has 0 aliphatic rings. The fourth-order valence-electron chi connectivity index (χ4n) is 1.57. The summed E-state index contributed by atoms with van der Waals surface area (Å²) in [6.07, 6.45) is 0.470. The number of carbonyl (C=O) groups excluding carboxylic acids is 1. The Bertz CT molecular complexity index is 725. The van der Waals surface area contributed by atoms with Gasteiger partial charge in [0, 0.05) is 12.1 Å². The van der Waals surface area contributed by atoms with E-state index in [1.54, 1.807) is 6.07 Å². The molecule has 0 bridgehead atoms. The quantitative estimate of drug-likeness (QED) is 0.519. The van der Waals surface area contributed by atoms with E-state index in [0.29, 0.717) is 6.29 Å². The molecule has 0 aromatic heterocycles. The van der Waals surface area contributed by atoms with Crippen molar-refractivity contribution in [1.29, 1.82) is 0 Å². The van der Waals surface area contributed by atoms with Crippen molar-refractivity contribution in [3.63, 3.8) is 0 Å². The SMILES string of the molecule is O=C(O)c1ccccc1[N+](=O)[O-].O=Cc1ccccc1[N+](=O)[O-]. The Morgan fingerprint density at radius 2 is 1.39 bits per heavy atom. The second-order valence-electron chi connectivity index (χ2n) is 4.01. The van der Waals surface area contributed by atoms with Crippen LogP contribution < -0.4 is 0 Å². The summed E-state index contributed by atoms with van der Waals surface area (Å²) in [5.74, 6) is -1.29. The number of aldehydes is 1. The number of carboxylic acid groups (broad SMARTS) is 1. The van der Waals surface area contributed by atoms with E-state index in [2.05, 4.69) is 0 Å². The van der Waals surface area contributed by atoms with E-state index >= 15 is 0 Å². The summed E-state index contributed by atoms with van der Waals surface area (Å²) in [4.78, 5) is 39.8. The van der Waals surface area contributed by atoms with Crippen LogP contribution in [0.4, 0.5) is 11.4 Å². The zero-order valence-electron chi connectivity index (χ0n) is 11.5. The lowest BCUT2D eigenvalue weighted by atomic mass is 10.2. The predicted octanol–water partition coefficient (Wildman–Crippen LogP) is 2.70. The molecule has 1 N–H and O–H groups in total. The fraction of sp³-hybridized carbons (Fsp3) is 0. The van der Waals surface area contributed by atoms with Gasteiger partial charge in [0.25, 0.3) is 11.4 Å². The molecule has 9 nitrogen and oxygen atoms in total. The summed E-state index contributed by atoms with van der Waals surface area (Å²) in [5.41, 5.74) is -0.715. The van der Waals surface area contributed by atoms with Crippen molar-refractivity contribution in [2.75, 3.05) is 0 Å². The molecule has 0 aliphatic heterocycles. The number of para-hydroxylation sites is 2. The number of aromatic carboxylic acids is 1. The highest BCUT2D eigenvalue weighted by atomic mass is 16.6. The lowest BCUT2D eigenvalue weighted by Gasteiger charge is -1.94. The van der Waals surface area contributed by atoms with Crippen LogP contribution in [0, 0.1) is 20.2 Å². The Morgan fingerprint density at radius 1 is 0.913 bits per heavy atom. The van der Waals surface area contributed by atoms with Gasteiger partial charge in [-0.1, -0.05) is 24.3 Å². The van der Waals surface area contributed by atoms with Crippen molar-refractivity contribution >= 4 is 23.6 Å². The molecule has 0 aliphatic carbocycles. The highest BCUT2D eigenvalue weighted by Crippen LogP contribution is 2.16. The Morgan fingerprint density at radius 3 is 1.78 bits per heavy atom. The van der Waals surface area contributed by atoms with Gasteiger partial charge in [-0.2, -0.15) is 0 Å². The third kappa shape index (κ3) is 4.70. The molecule has 0 atom stereocenters. The zero-order chi connectivity index (χ0) is 17.4. The van der Waals surface area contributed by atoms with Crippen molar-refractivity contribution in [1.82, 2.24) is 0 Å². The number of benzene rings is 2. The van der Waals surface area contributed by atoms with Gasteiger partial charge in [-0.15, -0.1) is 0 Å². The van der Waals surface area contributed by atoms with Gasteiger partial charge >= 0.3 is 5.97 Å². The first-order valence-electron chi connectivity index (χ1n) is 6.03. The molecular formula is C14H10N2O7. The van der Waals surface area contributed by atoms with Crippen molar-refractivity contribution in [2.45, 2.75) is 0 Å². The standard InChI is InChI=1S/C7H5NO4.C7H5NO3/c9-7(10)5-3-1-2-4-6(5)8(11)12;9-5-6-3-1-2-4-7(6)8(10)11/h1-4H,(H,9,10);1-5H. The predicted molar refractivity (Wildman–Crippen MR) is 78.5 cm³/mol. The van der Waals surface area contributed by atoms with E-state index in [9.17, 15) is 29.8 Å². The molecule has 2 rings (SSSR count). The van der Waals surface area contributed by atoms with E-state index in [1.165, 1.54) is 36.4 Å². The smallest absolute Gasteiger partial charge is 0.342 e. The van der Waals surface area contributed by atoms with E-state index in [-0.39, 0.29) is 22.5 Å². The third-order valence-corrected chi connectivity index (χ3v) is 2.59. The molecule has 0 saturated carbocycles. The minimum absolute atomic E-state index is 0.109.